The summed E-state index contributed by atoms with van der Waals surface area (Å²) in [4.78, 5) is 3.91. The lowest BCUT2D eigenvalue weighted by atomic mass is 10.2. The van der Waals surface area contributed by atoms with Crippen LogP contribution in [0.2, 0.25) is 0 Å². The van der Waals surface area contributed by atoms with Gasteiger partial charge in [0.15, 0.2) is 11.3 Å². The number of hydrogen-bond donors (Lipinski definition) is 1. The molecule has 0 saturated heterocycles. The number of aromatic nitrogens is 3. The summed E-state index contributed by atoms with van der Waals surface area (Å²) in [6.45, 7) is 0.148. The fraction of sp³-hybridized carbons (Fsp3) is 0.333. The van der Waals surface area contributed by atoms with Crippen molar-refractivity contribution in [2.24, 2.45) is 12.8 Å². The fourth-order valence-corrected chi connectivity index (χ4v) is 1.51. The standard InChI is InChI=1S/C9H9F3N4/c1-16-8-6(2-5(3-13)4-14-8)7(15-16)9(10,11)12/h2,4H,3,13H2,1H3. The van der Waals surface area contributed by atoms with Gasteiger partial charge in [-0.05, 0) is 11.6 Å². The summed E-state index contributed by atoms with van der Waals surface area (Å²) in [5, 5.41) is 3.41. The highest BCUT2D eigenvalue weighted by Gasteiger charge is 2.36. The Morgan fingerprint density at radius 2 is 2.12 bits per heavy atom. The van der Waals surface area contributed by atoms with Gasteiger partial charge in [-0.2, -0.15) is 18.3 Å². The van der Waals surface area contributed by atoms with Crippen molar-refractivity contribution in [2.75, 3.05) is 0 Å². The number of halogens is 3. The molecule has 0 bridgehead atoms. The van der Waals surface area contributed by atoms with Crippen molar-refractivity contribution < 1.29 is 13.2 Å². The molecule has 0 unspecified atom stereocenters. The van der Waals surface area contributed by atoms with Gasteiger partial charge in [0.1, 0.15) is 0 Å². The van der Waals surface area contributed by atoms with Crippen molar-refractivity contribution in [1.82, 2.24) is 14.8 Å². The molecule has 16 heavy (non-hydrogen) atoms. The predicted octanol–water partition coefficient (Wildman–Crippen LogP) is 1.45. The Bertz CT molecular complexity index is 529. The average molecular weight is 230 g/mol. The molecule has 0 amide bonds. The van der Waals surface area contributed by atoms with Crippen molar-refractivity contribution in [3.05, 3.63) is 23.5 Å². The Morgan fingerprint density at radius 1 is 1.44 bits per heavy atom. The summed E-state index contributed by atoms with van der Waals surface area (Å²) in [6.07, 6.45) is -3.03. The van der Waals surface area contributed by atoms with Crippen LogP contribution in [0.1, 0.15) is 11.3 Å². The normalized spacial score (nSPS) is 12.3. The van der Waals surface area contributed by atoms with Crippen LogP contribution in [0, 0.1) is 0 Å². The molecule has 2 heterocycles. The van der Waals surface area contributed by atoms with E-state index in [9.17, 15) is 13.2 Å². The summed E-state index contributed by atoms with van der Waals surface area (Å²) in [7, 11) is 1.42. The topological polar surface area (TPSA) is 56.7 Å². The van der Waals surface area contributed by atoms with E-state index in [0.29, 0.717) is 5.56 Å². The highest BCUT2D eigenvalue weighted by atomic mass is 19.4. The molecule has 0 radical (unpaired) electrons. The molecule has 0 saturated carbocycles. The van der Waals surface area contributed by atoms with Crippen molar-refractivity contribution in [1.29, 1.82) is 0 Å². The molecule has 0 aliphatic heterocycles. The van der Waals surface area contributed by atoms with E-state index in [1.54, 1.807) is 0 Å². The van der Waals surface area contributed by atoms with E-state index < -0.39 is 11.9 Å². The van der Waals surface area contributed by atoms with Gasteiger partial charge in [0.25, 0.3) is 0 Å². The number of nitrogens with two attached hydrogens (primary N) is 1. The minimum absolute atomic E-state index is 0.0158. The molecule has 2 N–H and O–H groups in total. The third-order valence-corrected chi connectivity index (χ3v) is 2.24. The maximum absolute atomic E-state index is 12.6. The van der Waals surface area contributed by atoms with Crippen LogP contribution < -0.4 is 5.73 Å². The first-order valence-electron chi connectivity index (χ1n) is 4.52. The lowest BCUT2D eigenvalue weighted by Crippen LogP contribution is -2.07. The van der Waals surface area contributed by atoms with Crippen LogP contribution >= 0.6 is 0 Å². The van der Waals surface area contributed by atoms with Gasteiger partial charge in [0.2, 0.25) is 0 Å². The molecule has 2 aromatic heterocycles. The maximum Gasteiger partial charge on any atom is 0.435 e. The van der Waals surface area contributed by atoms with E-state index >= 15 is 0 Å². The Labute approximate surface area is 88.9 Å². The maximum atomic E-state index is 12.6. The number of hydrogen-bond acceptors (Lipinski definition) is 3. The lowest BCUT2D eigenvalue weighted by molar-refractivity contribution is -0.140. The second-order valence-electron chi connectivity index (χ2n) is 3.39. The van der Waals surface area contributed by atoms with Crippen LogP contribution in [0.15, 0.2) is 12.3 Å². The summed E-state index contributed by atoms with van der Waals surface area (Å²) < 4.78 is 39.0. The van der Waals surface area contributed by atoms with E-state index in [-0.39, 0.29) is 17.6 Å². The van der Waals surface area contributed by atoms with Crippen molar-refractivity contribution >= 4 is 11.0 Å². The van der Waals surface area contributed by atoms with Crippen LogP contribution in [-0.4, -0.2) is 14.8 Å². The number of alkyl halides is 3. The summed E-state index contributed by atoms with van der Waals surface area (Å²) in [5.74, 6) is 0. The number of pyridine rings is 1. The molecule has 0 spiro atoms. The molecule has 4 nitrogen and oxygen atoms in total. The van der Waals surface area contributed by atoms with Gasteiger partial charge in [0.05, 0.1) is 5.39 Å². The highest BCUT2D eigenvalue weighted by molar-refractivity contribution is 5.79. The predicted molar refractivity (Wildman–Crippen MR) is 51.4 cm³/mol. The van der Waals surface area contributed by atoms with Gasteiger partial charge >= 0.3 is 6.18 Å². The van der Waals surface area contributed by atoms with Crippen LogP contribution in [0.5, 0.6) is 0 Å². The van der Waals surface area contributed by atoms with E-state index in [2.05, 4.69) is 10.1 Å². The number of nitrogens with zero attached hydrogens (tertiary/aromatic N) is 3. The molecule has 0 aromatic carbocycles. The largest absolute Gasteiger partial charge is 0.435 e. The van der Waals surface area contributed by atoms with Gasteiger partial charge < -0.3 is 5.73 Å². The average Bonchev–Trinajstić information content (AvgIpc) is 2.55. The molecular formula is C9H9F3N4. The highest BCUT2D eigenvalue weighted by Crippen LogP contribution is 2.33. The zero-order valence-corrected chi connectivity index (χ0v) is 8.41. The van der Waals surface area contributed by atoms with Crippen LogP contribution in [0.3, 0.4) is 0 Å². The monoisotopic (exact) mass is 230 g/mol. The van der Waals surface area contributed by atoms with Gasteiger partial charge in [-0.3, -0.25) is 0 Å². The van der Waals surface area contributed by atoms with Crippen LogP contribution in [0.25, 0.3) is 11.0 Å². The Hall–Kier alpha value is -1.63. The molecule has 0 atom stereocenters. The van der Waals surface area contributed by atoms with Crippen molar-refractivity contribution in [2.45, 2.75) is 12.7 Å². The van der Waals surface area contributed by atoms with Gasteiger partial charge in [0, 0.05) is 19.8 Å². The van der Waals surface area contributed by atoms with E-state index in [4.69, 9.17) is 5.73 Å². The molecular weight excluding hydrogens is 221 g/mol. The second-order valence-corrected chi connectivity index (χ2v) is 3.39. The minimum atomic E-state index is -4.48. The van der Waals surface area contributed by atoms with Gasteiger partial charge in [-0.15, -0.1) is 0 Å². The first-order valence-corrected chi connectivity index (χ1v) is 4.52. The first kappa shape index (κ1) is 10.9. The Morgan fingerprint density at radius 3 is 2.69 bits per heavy atom. The van der Waals surface area contributed by atoms with E-state index in [0.717, 1.165) is 4.68 Å². The SMILES string of the molecule is Cn1nc(C(F)(F)F)c2cc(CN)cnc21. The van der Waals surface area contributed by atoms with Crippen LogP contribution in [-0.2, 0) is 19.8 Å². The molecule has 86 valence electrons. The summed E-state index contributed by atoms with van der Waals surface area (Å²) in [6, 6.07) is 1.37. The van der Waals surface area contributed by atoms with Gasteiger partial charge in [-0.1, -0.05) is 0 Å². The second kappa shape index (κ2) is 3.44. The number of aryl methyl sites for hydroxylation is 1. The van der Waals surface area contributed by atoms with E-state index in [1.165, 1.54) is 19.3 Å². The summed E-state index contributed by atoms with van der Waals surface area (Å²) >= 11 is 0. The smallest absolute Gasteiger partial charge is 0.326 e. The van der Waals surface area contributed by atoms with Crippen molar-refractivity contribution in [3.63, 3.8) is 0 Å². The molecule has 7 heteroatoms. The fourth-order valence-electron chi connectivity index (χ4n) is 1.51. The zero-order chi connectivity index (χ0) is 11.9. The number of fused-ring (bicyclic) bond motifs is 1. The Balaban J connectivity index is 2.75. The lowest BCUT2D eigenvalue weighted by Gasteiger charge is -2.02. The first-order chi connectivity index (χ1) is 7.43. The summed E-state index contributed by atoms with van der Waals surface area (Å²) in [5.41, 5.74) is 5.18. The van der Waals surface area contributed by atoms with Gasteiger partial charge in [-0.25, -0.2) is 9.67 Å². The zero-order valence-electron chi connectivity index (χ0n) is 8.41. The Kier molecular flexibility index (Phi) is 2.34. The quantitative estimate of drug-likeness (QED) is 0.806. The molecule has 0 fully saturated rings. The van der Waals surface area contributed by atoms with Crippen molar-refractivity contribution in [3.8, 4) is 0 Å². The molecule has 0 aliphatic rings. The minimum Gasteiger partial charge on any atom is -0.326 e. The third-order valence-electron chi connectivity index (χ3n) is 2.24. The third kappa shape index (κ3) is 1.63. The molecule has 2 rings (SSSR count). The molecule has 2 aromatic rings. The van der Waals surface area contributed by atoms with Crippen LogP contribution in [0.4, 0.5) is 13.2 Å². The van der Waals surface area contributed by atoms with E-state index in [1.807, 2.05) is 0 Å². The molecule has 0 aliphatic carbocycles. The number of rotatable bonds is 1.